The minimum absolute atomic E-state index is 0.147. The minimum atomic E-state index is -0.267. The molecule has 3 heteroatoms. The van der Waals surface area contributed by atoms with E-state index < -0.39 is 0 Å². The van der Waals surface area contributed by atoms with E-state index in [1.54, 1.807) is 0 Å². The van der Waals surface area contributed by atoms with Gasteiger partial charge in [0, 0.05) is 5.57 Å². The van der Waals surface area contributed by atoms with E-state index >= 15 is 0 Å². The van der Waals surface area contributed by atoms with Crippen LogP contribution in [0.3, 0.4) is 0 Å². The molecule has 1 aliphatic carbocycles. The molecule has 0 spiro atoms. The minimum Gasteiger partial charge on any atom is -0.508 e. The van der Waals surface area contributed by atoms with E-state index in [1.165, 1.54) is 0 Å². The smallest absolute Gasteiger partial charge is 0.184 e. The van der Waals surface area contributed by atoms with Crippen LogP contribution in [0.1, 0.15) is 33.1 Å². The second-order valence-electron chi connectivity index (χ2n) is 4.56. The van der Waals surface area contributed by atoms with Gasteiger partial charge in [-0.05, 0) is 37.5 Å². The molecular weight excluding hydrogens is 216 g/mol. The van der Waals surface area contributed by atoms with Gasteiger partial charge in [0.15, 0.2) is 6.29 Å². The summed E-state index contributed by atoms with van der Waals surface area (Å²) in [5.41, 5.74) is 2.00. The molecule has 0 radical (unpaired) electrons. The second-order valence-corrected chi connectivity index (χ2v) is 4.56. The van der Waals surface area contributed by atoms with Crippen molar-refractivity contribution in [2.45, 2.75) is 45.5 Å². The van der Waals surface area contributed by atoms with Crippen LogP contribution in [0.15, 0.2) is 35.1 Å². The van der Waals surface area contributed by atoms with E-state index in [0.29, 0.717) is 12.4 Å². The van der Waals surface area contributed by atoms with E-state index in [9.17, 15) is 5.11 Å². The van der Waals surface area contributed by atoms with E-state index in [-0.39, 0.29) is 12.4 Å². The van der Waals surface area contributed by atoms with E-state index in [4.69, 9.17) is 9.47 Å². The van der Waals surface area contributed by atoms with Crippen molar-refractivity contribution in [2.75, 3.05) is 6.61 Å². The van der Waals surface area contributed by atoms with Crippen molar-refractivity contribution in [3.8, 4) is 0 Å². The van der Waals surface area contributed by atoms with Crippen molar-refractivity contribution in [3.05, 3.63) is 35.1 Å². The molecule has 1 saturated heterocycles. The summed E-state index contributed by atoms with van der Waals surface area (Å²) in [5.74, 6) is 0.393. The van der Waals surface area contributed by atoms with E-state index in [1.807, 2.05) is 19.1 Å². The highest BCUT2D eigenvalue weighted by Crippen LogP contribution is 2.26. The van der Waals surface area contributed by atoms with Crippen LogP contribution in [0.2, 0.25) is 0 Å². The Balaban J connectivity index is 2.15. The third kappa shape index (κ3) is 2.99. The standard InChI is InChI=1S/C14H20O3/c1-3-5-11-8-12(6-4-7-13(11)15)14-16-9-10(2)17-14/h6-8,10,14-15H,3-5,9H2,1-2H3. The van der Waals surface area contributed by atoms with Gasteiger partial charge in [-0.25, -0.2) is 0 Å². The van der Waals surface area contributed by atoms with E-state index in [0.717, 1.165) is 30.4 Å². The van der Waals surface area contributed by atoms with Crippen molar-refractivity contribution in [2.24, 2.45) is 0 Å². The summed E-state index contributed by atoms with van der Waals surface area (Å²) in [7, 11) is 0. The van der Waals surface area contributed by atoms with Gasteiger partial charge in [0.1, 0.15) is 5.76 Å². The summed E-state index contributed by atoms with van der Waals surface area (Å²) in [4.78, 5) is 0. The van der Waals surface area contributed by atoms with Crippen molar-refractivity contribution >= 4 is 0 Å². The van der Waals surface area contributed by atoms with Gasteiger partial charge < -0.3 is 14.6 Å². The lowest BCUT2D eigenvalue weighted by Crippen LogP contribution is -2.12. The topological polar surface area (TPSA) is 38.7 Å². The Morgan fingerprint density at radius 1 is 1.41 bits per heavy atom. The van der Waals surface area contributed by atoms with Gasteiger partial charge in [0.25, 0.3) is 0 Å². The number of allylic oxidation sites excluding steroid dienone is 3. The molecule has 1 aliphatic heterocycles. The lowest BCUT2D eigenvalue weighted by atomic mass is 10.1. The summed E-state index contributed by atoms with van der Waals surface area (Å²) < 4.78 is 11.3. The maximum absolute atomic E-state index is 9.87. The van der Waals surface area contributed by atoms with Crippen LogP contribution in [0.25, 0.3) is 0 Å². The first-order valence-electron chi connectivity index (χ1n) is 6.28. The molecule has 17 heavy (non-hydrogen) atoms. The van der Waals surface area contributed by atoms with Crippen molar-refractivity contribution in [3.63, 3.8) is 0 Å². The summed E-state index contributed by atoms with van der Waals surface area (Å²) in [5, 5.41) is 9.87. The molecule has 2 rings (SSSR count). The van der Waals surface area contributed by atoms with Crippen LogP contribution in [-0.2, 0) is 9.47 Å². The first-order chi connectivity index (χ1) is 8.20. The van der Waals surface area contributed by atoms with Crippen molar-refractivity contribution in [1.29, 1.82) is 0 Å². The Hall–Kier alpha value is -1.06. The third-order valence-electron chi connectivity index (χ3n) is 2.96. The number of ether oxygens (including phenoxy) is 2. The van der Waals surface area contributed by atoms with Gasteiger partial charge in [-0.2, -0.15) is 0 Å². The Morgan fingerprint density at radius 2 is 2.24 bits per heavy atom. The highest BCUT2D eigenvalue weighted by molar-refractivity contribution is 5.38. The van der Waals surface area contributed by atoms with Crippen LogP contribution in [0.5, 0.6) is 0 Å². The number of hydrogen-bond donors (Lipinski definition) is 1. The molecule has 2 unspecified atom stereocenters. The van der Waals surface area contributed by atoms with Crippen LogP contribution < -0.4 is 0 Å². The predicted octanol–water partition coefficient (Wildman–Crippen LogP) is 3.25. The highest BCUT2D eigenvalue weighted by Gasteiger charge is 2.25. The molecule has 1 heterocycles. The van der Waals surface area contributed by atoms with Crippen LogP contribution >= 0.6 is 0 Å². The van der Waals surface area contributed by atoms with Crippen molar-refractivity contribution < 1.29 is 14.6 Å². The molecule has 0 aromatic heterocycles. The lowest BCUT2D eigenvalue weighted by Gasteiger charge is -2.12. The number of aliphatic hydroxyl groups excluding tert-OH is 1. The molecule has 0 saturated carbocycles. The average Bonchev–Trinajstić information content (AvgIpc) is 2.64. The maximum atomic E-state index is 9.87. The molecule has 2 atom stereocenters. The predicted molar refractivity (Wildman–Crippen MR) is 66.7 cm³/mol. The molecule has 0 aromatic carbocycles. The second kappa shape index (κ2) is 5.52. The van der Waals surface area contributed by atoms with Crippen LogP contribution in [0.4, 0.5) is 0 Å². The Morgan fingerprint density at radius 3 is 2.88 bits per heavy atom. The van der Waals surface area contributed by atoms with Gasteiger partial charge in [0.2, 0.25) is 0 Å². The van der Waals surface area contributed by atoms with Crippen LogP contribution in [0, 0.1) is 0 Å². The molecule has 94 valence electrons. The quantitative estimate of drug-likeness (QED) is 0.817. The normalized spacial score (nSPS) is 29.4. The number of aliphatic hydroxyl groups is 1. The fourth-order valence-electron chi connectivity index (χ4n) is 2.09. The molecule has 2 aliphatic rings. The zero-order valence-corrected chi connectivity index (χ0v) is 10.5. The average molecular weight is 236 g/mol. The molecule has 1 N–H and O–H groups in total. The van der Waals surface area contributed by atoms with E-state index in [2.05, 4.69) is 13.0 Å². The first kappa shape index (κ1) is 12.4. The van der Waals surface area contributed by atoms with Gasteiger partial charge in [-0.3, -0.25) is 0 Å². The first-order valence-corrected chi connectivity index (χ1v) is 6.28. The lowest BCUT2D eigenvalue weighted by molar-refractivity contribution is -0.0227. The fraction of sp³-hybridized carbons (Fsp3) is 0.571. The van der Waals surface area contributed by atoms with Crippen molar-refractivity contribution in [1.82, 2.24) is 0 Å². The summed E-state index contributed by atoms with van der Waals surface area (Å²) in [6.07, 6.45) is 8.40. The monoisotopic (exact) mass is 236 g/mol. The van der Waals surface area contributed by atoms with Gasteiger partial charge >= 0.3 is 0 Å². The van der Waals surface area contributed by atoms with Gasteiger partial charge in [-0.15, -0.1) is 0 Å². The summed E-state index contributed by atoms with van der Waals surface area (Å²) in [6.45, 7) is 4.75. The molecule has 0 bridgehead atoms. The van der Waals surface area contributed by atoms with Crippen LogP contribution in [-0.4, -0.2) is 24.1 Å². The molecule has 1 fully saturated rings. The fourth-order valence-corrected chi connectivity index (χ4v) is 2.09. The largest absolute Gasteiger partial charge is 0.508 e. The van der Waals surface area contributed by atoms with Gasteiger partial charge in [0.05, 0.1) is 12.7 Å². The Labute approximate surface area is 102 Å². The maximum Gasteiger partial charge on any atom is 0.184 e. The summed E-state index contributed by atoms with van der Waals surface area (Å²) >= 11 is 0. The summed E-state index contributed by atoms with van der Waals surface area (Å²) in [6, 6.07) is 0. The number of rotatable bonds is 3. The third-order valence-corrected chi connectivity index (χ3v) is 2.96. The molecular formula is C14H20O3. The Bertz CT molecular complexity index is 366. The molecule has 3 nitrogen and oxygen atoms in total. The molecule has 0 aromatic rings. The Kier molecular flexibility index (Phi) is 4.02. The highest BCUT2D eigenvalue weighted by atomic mass is 16.7. The SMILES string of the molecule is CCCC1=CC(C2OCC(C)O2)=CCC=C1O. The zero-order valence-electron chi connectivity index (χ0n) is 10.5. The molecule has 0 amide bonds. The van der Waals surface area contributed by atoms with Gasteiger partial charge in [-0.1, -0.05) is 19.4 Å². The number of hydrogen-bond acceptors (Lipinski definition) is 3. The zero-order chi connectivity index (χ0) is 12.3.